The van der Waals surface area contributed by atoms with Crippen molar-refractivity contribution in [1.29, 1.82) is 0 Å². The number of ether oxygens (including phenoxy) is 1. The Bertz CT molecular complexity index is 667. The summed E-state index contributed by atoms with van der Waals surface area (Å²) in [5.41, 5.74) is 1.77. The number of rotatable bonds is 4. The van der Waals surface area contributed by atoms with E-state index in [9.17, 15) is 9.59 Å². The van der Waals surface area contributed by atoms with E-state index in [1.165, 1.54) is 0 Å². The van der Waals surface area contributed by atoms with Crippen LogP contribution in [0, 0.1) is 0 Å². The summed E-state index contributed by atoms with van der Waals surface area (Å²) in [5.74, 6) is 0.505. The average molecular weight is 281 g/mol. The molecule has 1 amide bonds. The number of nitrogens with one attached hydrogen (secondary N) is 1. The van der Waals surface area contributed by atoms with Crippen LogP contribution in [-0.2, 0) is 16.2 Å². The van der Waals surface area contributed by atoms with Crippen molar-refractivity contribution < 1.29 is 14.3 Å². The minimum absolute atomic E-state index is 0.0323. The highest BCUT2D eigenvalue weighted by atomic mass is 16.5. The van der Waals surface area contributed by atoms with Crippen molar-refractivity contribution in [3.05, 3.63) is 65.7 Å². The highest BCUT2D eigenvalue weighted by molar-refractivity contribution is 6.07. The number of hydrogen-bond donors (Lipinski definition) is 1. The van der Waals surface area contributed by atoms with E-state index in [0.717, 1.165) is 16.9 Å². The van der Waals surface area contributed by atoms with Gasteiger partial charge in [0.05, 0.1) is 6.42 Å². The Hall–Kier alpha value is -2.62. The number of benzene rings is 2. The van der Waals surface area contributed by atoms with E-state index in [1.807, 2.05) is 54.6 Å². The highest BCUT2D eigenvalue weighted by Crippen LogP contribution is 2.22. The molecule has 1 atom stereocenters. The van der Waals surface area contributed by atoms with Gasteiger partial charge in [0, 0.05) is 0 Å². The Morgan fingerprint density at radius 1 is 1.05 bits per heavy atom. The summed E-state index contributed by atoms with van der Waals surface area (Å²) in [4.78, 5) is 23.0. The van der Waals surface area contributed by atoms with Crippen molar-refractivity contribution in [3.63, 3.8) is 0 Å². The predicted molar refractivity (Wildman–Crippen MR) is 77.7 cm³/mol. The molecular formula is C17H15NO3. The first-order valence-electron chi connectivity index (χ1n) is 6.81. The van der Waals surface area contributed by atoms with Gasteiger partial charge in [-0.2, -0.15) is 0 Å². The number of hydrogen-bond acceptors (Lipinski definition) is 3. The van der Waals surface area contributed by atoms with Gasteiger partial charge in [0.15, 0.2) is 5.78 Å². The zero-order valence-electron chi connectivity index (χ0n) is 11.4. The van der Waals surface area contributed by atoms with Gasteiger partial charge in [-0.15, -0.1) is 0 Å². The summed E-state index contributed by atoms with van der Waals surface area (Å²) in [6, 6.07) is 16.6. The number of Topliss-reactive ketones (excluding diaryl/α,β-unsaturated/α-hetero) is 1. The molecule has 106 valence electrons. The van der Waals surface area contributed by atoms with Gasteiger partial charge in [-0.05, 0) is 29.3 Å². The highest BCUT2D eigenvalue weighted by Gasteiger charge is 2.31. The maximum atomic E-state index is 11.8. The van der Waals surface area contributed by atoms with Crippen LogP contribution in [0.15, 0.2) is 54.6 Å². The van der Waals surface area contributed by atoms with Crippen LogP contribution in [0.2, 0.25) is 0 Å². The number of carbonyl (C=O) groups excluding carboxylic acids is 2. The Morgan fingerprint density at radius 3 is 2.57 bits per heavy atom. The van der Waals surface area contributed by atoms with Crippen molar-refractivity contribution in [2.45, 2.75) is 19.1 Å². The Labute approximate surface area is 122 Å². The fourth-order valence-corrected chi connectivity index (χ4v) is 2.37. The van der Waals surface area contributed by atoms with E-state index >= 15 is 0 Å². The SMILES string of the molecule is O=C1CC(=O)C(c2cccc(COc3ccccc3)c2)N1. The molecule has 0 aliphatic carbocycles. The van der Waals surface area contributed by atoms with Crippen molar-refractivity contribution in [2.24, 2.45) is 0 Å². The zero-order valence-corrected chi connectivity index (χ0v) is 11.4. The van der Waals surface area contributed by atoms with Crippen molar-refractivity contribution >= 4 is 11.7 Å². The van der Waals surface area contributed by atoms with Crippen molar-refractivity contribution in [1.82, 2.24) is 5.32 Å². The summed E-state index contributed by atoms with van der Waals surface area (Å²) >= 11 is 0. The summed E-state index contributed by atoms with van der Waals surface area (Å²) in [6.07, 6.45) is -0.0323. The molecule has 0 saturated carbocycles. The lowest BCUT2D eigenvalue weighted by molar-refractivity contribution is -0.122. The van der Waals surface area contributed by atoms with Crippen LogP contribution in [0.4, 0.5) is 0 Å². The maximum Gasteiger partial charge on any atom is 0.228 e. The van der Waals surface area contributed by atoms with Crippen LogP contribution < -0.4 is 10.1 Å². The molecule has 1 N–H and O–H groups in total. The Balaban J connectivity index is 1.71. The molecule has 4 nitrogen and oxygen atoms in total. The van der Waals surface area contributed by atoms with E-state index in [0.29, 0.717) is 6.61 Å². The normalized spacial score (nSPS) is 17.6. The molecule has 4 heteroatoms. The third-order valence-electron chi connectivity index (χ3n) is 3.40. The molecule has 1 aliphatic rings. The first-order chi connectivity index (χ1) is 10.2. The fraction of sp³-hybridized carbons (Fsp3) is 0.176. The largest absolute Gasteiger partial charge is 0.489 e. The van der Waals surface area contributed by atoms with Gasteiger partial charge in [-0.3, -0.25) is 9.59 Å². The molecule has 0 bridgehead atoms. The number of carbonyl (C=O) groups is 2. The second kappa shape index (κ2) is 5.79. The second-order valence-electron chi connectivity index (χ2n) is 4.99. The van der Waals surface area contributed by atoms with E-state index in [2.05, 4.69) is 5.32 Å². The molecule has 1 saturated heterocycles. The molecule has 0 spiro atoms. The molecule has 1 heterocycles. The quantitative estimate of drug-likeness (QED) is 0.875. The minimum atomic E-state index is -0.519. The molecule has 21 heavy (non-hydrogen) atoms. The molecule has 0 aromatic heterocycles. The molecule has 1 unspecified atom stereocenters. The number of amides is 1. The fourth-order valence-electron chi connectivity index (χ4n) is 2.37. The van der Waals surface area contributed by atoms with Gasteiger partial charge in [0.25, 0.3) is 0 Å². The van der Waals surface area contributed by atoms with Gasteiger partial charge in [0.1, 0.15) is 18.4 Å². The first kappa shape index (κ1) is 13.4. The average Bonchev–Trinajstić information content (AvgIpc) is 2.85. The lowest BCUT2D eigenvalue weighted by Gasteiger charge is -2.11. The molecule has 1 aliphatic heterocycles. The Morgan fingerprint density at radius 2 is 1.86 bits per heavy atom. The number of para-hydroxylation sites is 1. The van der Waals surface area contributed by atoms with Gasteiger partial charge < -0.3 is 10.1 Å². The van der Waals surface area contributed by atoms with E-state index < -0.39 is 6.04 Å². The van der Waals surface area contributed by atoms with Crippen LogP contribution >= 0.6 is 0 Å². The van der Waals surface area contributed by atoms with Gasteiger partial charge in [-0.1, -0.05) is 36.4 Å². The van der Waals surface area contributed by atoms with Crippen molar-refractivity contribution in [2.75, 3.05) is 0 Å². The predicted octanol–water partition coefficient (Wildman–Crippen LogP) is 2.40. The van der Waals surface area contributed by atoms with Crippen molar-refractivity contribution in [3.8, 4) is 5.75 Å². The molecule has 0 radical (unpaired) electrons. The molecule has 2 aromatic carbocycles. The van der Waals surface area contributed by atoms with Crippen LogP contribution in [0.1, 0.15) is 23.6 Å². The van der Waals surface area contributed by atoms with Gasteiger partial charge in [0.2, 0.25) is 5.91 Å². The standard InChI is InChI=1S/C17H15NO3/c19-15-10-16(20)18-17(15)13-6-4-5-12(9-13)11-21-14-7-2-1-3-8-14/h1-9,17H,10-11H2,(H,18,20). The summed E-state index contributed by atoms with van der Waals surface area (Å²) in [5, 5.41) is 2.69. The van der Waals surface area contributed by atoms with Crippen LogP contribution in [0.5, 0.6) is 5.75 Å². The van der Waals surface area contributed by atoms with E-state index in [1.54, 1.807) is 0 Å². The van der Waals surface area contributed by atoms with Crippen LogP contribution in [-0.4, -0.2) is 11.7 Å². The molecule has 2 aromatic rings. The van der Waals surface area contributed by atoms with Gasteiger partial charge >= 0.3 is 0 Å². The van der Waals surface area contributed by atoms with Gasteiger partial charge in [-0.25, -0.2) is 0 Å². The maximum absolute atomic E-state index is 11.8. The summed E-state index contributed by atoms with van der Waals surface area (Å²) in [6.45, 7) is 0.423. The second-order valence-corrected chi connectivity index (χ2v) is 4.99. The first-order valence-corrected chi connectivity index (χ1v) is 6.81. The molecule has 1 fully saturated rings. The monoisotopic (exact) mass is 281 g/mol. The van der Waals surface area contributed by atoms with Crippen LogP contribution in [0.3, 0.4) is 0 Å². The molecular weight excluding hydrogens is 266 g/mol. The molecule has 3 rings (SSSR count). The topological polar surface area (TPSA) is 55.4 Å². The van der Waals surface area contributed by atoms with E-state index in [4.69, 9.17) is 4.74 Å². The lowest BCUT2D eigenvalue weighted by atomic mass is 10.0. The number of ketones is 1. The van der Waals surface area contributed by atoms with Crippen LogP contribution in [0.25, 0.3) is 0 Å². The van der Waals surface area contributed by atoms with E-state index in [-0.39, 0.29) is 18.1 Å². The summed E-state index contributed by atoms with van der Waals surface area (Å²) in [7, 11) is 0. The third kappa shape index (κ3) is 3.11. The smallest absolute Gasteiger partial charge is 0.228 e. The minimum Gasteiger partial charge on any atom is -0.489 e. The lowest BCUT2D eigenvalue weighted by Crippen LogP contribution is -2.20. The summed E-state index contributed by atoms with van der Waals surface area (Å²) < 4.78 is 5.69. The zero-order chi connectivity index (χ0) is 14.7. The Kier molecular flexibility index (Phi) is 3.69. The third-order valence-corrected chi connectivity index (χ3v) is 3.40.